The topological polar surface area (TPSA) is 68.5 Å². The van der Waals surface area contributed by atoms with Crippen LogP contribution in [0.15, 0.2) is 12.3 Å². The highest BCUT2D eigenvalue weighted by Gasteiger charge is 2.20. The van der Waals surface area contributed by atoms with Crippen LogP contribution in [0.2, 0.25) is 0 Å². The molecule has 2 N–H and O–H groups in total. The maximum atomic E-state index is 11.6. The van der Waals surface area contributed by atoms with E-state index in [2.05, 4.69) is 23.7 Å². The van der Waals surface area contributed by atoms with Crippen LogP contribution in [0.25, 0.3) is 0 Å². The molecule has 0 bridgehead atoms. The number of pyridine rings is 1. The number of carbonyl (C=O) groups is 1. The number of esters is 1. The molecule has 1 aromatic rings. The van der Waals surface area contributed by atoms with Crippen molar-refractivity contribution in [3.8, 4) is 0 Å². The van der Waals surface area contributed by atoms with Crippen LogP contribution in [-0.2, 0) is 4.74 Å². The second-order valence-corrected chi connectivity index (χ2v) is 4.13. The van der Waals surface area contributed by atoms with Crippen molar-refractivity contribution in [2.75, 3.05) is 24.3 Å². The monoisotopic (exact) mass is 251 g/mol. The largest absolute Gasteiger partial charge is 0.465 e. The van der Waals surface area contributed by atoms with Gasteiger partial charge in [-0.2, -0.15) is 0 Å². The first-order chi connectivity index (χ1) is 8.56. The number of ether oxygens (including phenoxy) is 1. The number of nitrogens with zero attached hydrogens (tertiary/aromatic N) is 2. The molecule has 0 saturated carbocycles. The van der Waals surface area contributed by atoms with E-state index in [-0.39, 0.29) is 0 Å². The van der Waals surface area contributed by atoms with Crippen LogP contribution < -0.4 is 10.6 Å². The fourth-order valence-corrected chi connectivity index (χ4v) is 1.87. The predicted octanol–water partition coefficient (Wildman–Crippen LogP) is 2.08. The van der Waals surface area contributed by atoms with Gasteiger partial charge in [-0.3, -0.25) is 0 Å². The van der Waals surface area contributed by atoms with Crippen molar-refractivity contribution in [2.45, 2.75) is 33.2 Å². The Hall–Kier alpha value is -1.78. The third-order valence-corrected chi connectivity index (χ3v) is 3.11. The number of methoxy groups -OCH3 is 1. The second kappa shape index (κ2) is 6.23. The molecule has 1 unspecified atom stereocenters. The van der Waals surface area contributed by atoms with Crippen molar-refractivity contribution in [3.63, 3.8) is 0 Å². The van der Waals surface area contributed by atoms with E-state index in [1.54, 1.807) is 12.3 Å². The van der Waals surface area contributed by atoms with E-state index in [4.69, 9.17) is 10.5 Å². The Bertz CT molecular complexity index is 421. The first kappa shape index (κ1) is 14.3. The van der Waals surface area contributed by atoms with Gasteiger partial charge in [0.25, 0.3) is 0 Å². The zero-order chi connectivity index (χ0) is 13.7. The molecule has 5 heteroatoms. The number of rotatable bonds is 5. The van der Waals surface area contributed by atoms with Gasteiger partial charge in [-0.25, -0.2) is 9.78 Å². The van der Waals surface area contributed by atoms with E-state index in [0.29, 0.717) is 23.1 Å². The summed E-state index contributed by atoms with van der Waals surface area (Å²) in [5.74, 6) is 0.214. The summed E-state index contributed by atoms with van der Waals surface area (Å²) in [6.45, 7) is 7.04. The number of anilines is 2. The number of nitrogen functional groups attached to an aromatic ring is 1. The fourth-order valence-electron chi connectivity index (χ4n) is 1.87. The standard InChI is InChI=1S/C13H21N3O2/c1-5-9(3)16(6-2)12-11(14)10(7-8-15-12)13(17)18-4/h7-9H,5-6,14H2,1-4H3. The molecule has 0 spiro atoms. The summed E-state index contributed by atoms with van der Waals surface area (Å²) in [5, 5.41) is 0. The number of carbonyl (C=O) groups excluding carboxylic acids is 1. The second-order valence-electron chi connectivity index (χ2n) is 4.13. The van der Waals surface area contributed by atoms with Crippen LogP contribution >= 0.6 is 0 Å². The number of hydrogen-bond acceptors (Lipinski definition) is 5. The summed E-state index contributed by atoms with van der Waals surface area (Å²) in [5.41, 5.74) is 6.77. The minimum atomic E-state index is -0.434. The fraction of sp³-hybridized carbons (Fsp3) is 0.538. The maximum absolute atomic E-state index is 11.6. The molecular weight excluding hydrogens is 230 g/mol. The average Bonchev–Trinajstić information content (AvgIpc) is 2.40. The van der Waals surface area contributed by atoms with Gasteiger partial charge in [0.1, 0.15) is 0 Å². The molecule has 1 atom stereocenters. The van der Waals surface area contributed by atoms with E-state index < -0.39 is 5.97 Å². The SMILES string of the molecule is CCC(C)N(CC)c1nccc(C(=O)OC)c1N. The van der Waals surface area contributed by atoms with Gasteiger partial charge in [0.15, 0.2) is 5.82 Å². The lowest BCUT2D eigenvalue weighted by molar-refractivity contribution is 0.0602. The average molecular weight is 251 g/mol. The third-order valence-electron chi connectivity index (χ3n) is 3.11. The Kier molecular flexibility index (Phi) is 4.95. The Morgan fingerprint density at radius 2 is 2.22 bits per heavy atom. The van der Waals surface area contributed by atoms with Crippen molar-refractivity contribution >= 4 is 17.5 Å². The first-order valence-corrected chi connectivity index (χ1v) is 6.16. The molecule has 1 rings (SSSR count). The van der Waals surface area contributed by atoms with Gasteiger partial charge in [0, 0.05) is 18.8 Å². The quantitative estimate of drug-likeness (QED) is 0.811. The van der Waals surface area contributed by atoms with Crippen LogP contribution in [0.3, 0.4) is 0 Å². The van der Waals surface area contributed by atoms with Crippen molar-refractivity contribution in [1.29, 1.82) is 0 Å². The van der Waals surface area contributed by atoms with E-state index in [0.717, 1.165) is 13.0 Å². The van der Waals surface area contributed by atoms with Gasteiger partial charge >= 0.3 is 5.97 Å². The molecule has 0 fully saturated rings. The molecule has 1 aromatic heterocycles. The highest BCUT2D eigenvalue weighted by atomic mass is 16.5. The van der Waals surface area contributed by atoms with Gasteiger partial charge in [0.05, 0.1) is 18.4 Å². The lowest BCUT2D eigenvalue weighted by Gasteiger charge is -2.29. The Morgan fingerprint density at radius 1 is 1.56 bits per heavy atom. The lowest BCUT2D eigenvalue weighted by atomic mass is 10.1. The Balaban J connectivity index is 3.20. The Labute approximate surface area is 108 Å². The van der Waals surface area contributed by atoms with Crippen molar-refractivity contribution in [1.82, 2.24) is 4.98 Å². The molecule has 18 heavy (non-hydrogen) atoms. The van der Waals surface area contributed by atoms with Crippen LogP contribution in [0.5, 0.6) is 0 Å². The molecule has 0 aliphatic heterocycles. The Morgan fingerprint density at radius 3 is 2.72 bits per heavy atom. The summed E-state index contributed by atoms with van der Waals surface area (Å²) in [7, 11) is 1.34. The number of nitrogens with two attached hydrogens (primary N) is 1. The van der Waals surface area contributed by atoms with Crippen LogP contribution in [0.4, 0.5) is 11.5 Å². The molecule has 0 aliphatic rings. The first-order valence-electron chi connectivity index (χ1n) is 6.16. The van der Waals surface area contributed by atoms with Gasteiger partial charge in [0.2, 0.25) is 0 Å². The van der Waals surface area contributed by atoms with Gasteiger partial charge < -0.3 is 15.4 Å². The molecule has 1 heterocycles. The summed E-state index contributed by atoms with van der Waals surface area (Å²) in [4.78, 5) is 18.0. The van der Waals surface area contributed by atoms with Gasteiger partial charge in [-0.1, -0.05) is 6.92 Å². The molecular formula is C13H21N3O2. The van der Waals surface area contributed by atoms with Gasteiger partial charge in [-0.15, -0.1) is 0 Å². The number of hydrogen-bond donors (Lipinski definition) is 1. The lowest BCUT2D eigenvalue weighted by Crippen LogP contribution is -2.34. The predicted molar refractivity (Wildman–Crippen MR) is 72.8 cm³/mol. The normalized spacial score (nSPS) is 12.0. The summed E-state index contributed by atoms with van der Waals surface area (Å²) >= 11 is 0. The molecule has 0 saturated heterocycles. The molecule has 0 aromatic carbocycles. The third kappa shape index (κ3) is 2.72. The van der Waals surface area contributed by atoms with E-state index >= 15 is 0 Å². The highest BCUT2D eigenvalue weighted by Crippen LogP contribution is 2.26. The minimum absolute atomic E-state index is 0.317. The number of aromatic nitrogens is 1. The van der Waals surface area contributed by atoms with E-state index in [1.807, 2.05) is 6.92 Å². The molecule has 0 amide bonds. The molecule has 0 aliphatic carbocycles. The van der Waals surface area contributed by atoms with Gasteiger partial charge in [-0.05, 0) is 26.3 Å². The summed E-state index contributed by atoms with van der Waals surface area (Å²) in [6.07, 6.45) is 2.57. The smallest absolute Gasteiger partial charge is 0.340 e. The molecule has 100 valence electrons. The van der Waals surface area contributed by atoms with E-state index in [1.165, 1.54) is 7.11 Å². The van der Waals surface area contributed by atoms with Crippen LogP contribution in [0.1, 0.15) is 37.6 Å². The van der Waals surface area contributed by atoms with Crippen molar-refractivity contribution in [2.24, 2.45) is 0 Å². The molecule has 0 radical (unpaired) electrons. The van der Waals surface area contributed by atoms with Crippen molar-refractivity contribution in [3.05, 3.63) is 17.8 Å². The highest BCUT2D eigenvalue weighted by molar-refractivity contribution is 5.97. The van der Waals surface area contributed by atoms with Crippen LogP contribution in [0, 0.1) is 0 Å². The maximum Gasteiger partial charge on any atom is 0.340 e. The summed E-state index contributed by atoms with van der Waals surface area (Å²) < 4.78 is 4.71. The summed E-state index contributed by atoms with van der Waals surface area (Å²) in [6, 6.07) is 1.90. The zero-order valence-corrected chi connectivity index (χ0v) is 11.4. The minimum Gasteiger partial charge on any atom is -0.465 e. The molecule has 5 nitrogen and oxygen atoms in total. The zero-order valence-electron chi connectivity index (χ0n) is 11.4. The van der Waals surface area contributed by atoms with Crippen molar-refractivity contribution < 1.29 is 9.53 Å². The van der Waals surface area contributed by atoms with Crippen LogP contribution in [-0.4, -0.2) is 30.6 Å². The van der Waals surface area contributed by atoms with E-state index in [9.17, 15) is 4.79 Å².